The first-order chi connectivity index (χ1) is 9.08. The van der Waals surface area contributed by atoms with Gasteiger partial charge in [0.2, 0.25) is 0 Å². The van der Waals surface area contributed by atoms with Crippen LogP contribution in [0.5, 0.6) is 0 Å². The van der Waals surface area contributed by atoms with Crippen LogP contribution in [-0.4, -0.2) is 41.5 Å². The molecule has 1 aromatic rings. The first-order valence-electron chi connectivity index (χ1n) is 6.77. The zero-order valence-electron chi connectivity index (χ0n) is 11.5. The highest BCUT2D eigenvalue weighted by atomic mass is 16.6. The van der Waals surface area contributed by atoms with Gasteiger partial charge in [-0.05, 0) is 20.3 Å². The van der Waals surface area contributed by atoms with E-state index in [1.165, 1.54) is 0 Å². The minimum Gasteiger partial charge on any atom is -0.311 e. The molecule has 1 fully saturated rings. The van der Waals surface area contributed by atoms with Crippen molar-refractivity contribution in [2.45, 2.75) is 32.4 Å². The van der Waals surface area contributed by atoms with Gasteiger partial charge in [-0.25, -0.2) is 0 Å². The van der Waals surface area contributed by atoms with Gasteiger partial charge in [-0.2, -0.15) is 0 Å². The lowest BCUT2D eigenvalue weighted by atomic mass is 10.1. The van der Waals surface area contributed by atoms with Crippen molar-refractivity contribution in [3.05, 3.63) is 39.9 Å². The Kier molecular flexibility index (Phi) is 4.50. The van der Waals surface area contributed by atoms with Gasteiger partial charge in [-0.1, -0.05) is 18.2 Å². The third-order valence-corrected chi connectivity index (χ3v) is 3.75. The summed E-state index contributed by atoms with van der Waals surface area (Å²) in [5.74, 6) is 0. The lowest BCUT2D eigenvalue weighted by Crippen LogP contribution is -2.54. The number of nitro groups is 1. The van der Waals surface area contributed by atoms with Crippen LogP contribution < -0.4 is 5.32 Å². The molecule has 5 nitrogen and oxygen atoms in total. The van der Waals surface area contributed by atoms with Crippen molar-refractivity contribution in [1.29, 1.82) is 0 Å². The normalized spacial score (nSPS) is 24.3. The maximum Gasteiger partial charge on any atom is 0.272 e. The lowest BCUT2D eigenvalue weighted by molar-refractivity contribution is -0.385. The van der Waals surface area contributed by atoms with Crippen LogP contribution in [0.2, 0.25) is 0 Å². The average Bonchev–Trinajstić information content (AvgIpc) is 2.40. The highest BCUT2D eigenvalue weighted by Gasteiger charge is 2.22. The van der Waals surface area contributed by atoms with Gasteiger partial charge < -0.3 is 5.32 Å². The number of para-hydroxylation sites is 1. The number of hydrogen-bond acceptors (Lipinski definition) is 4. The lowest BCUT2D eigenvalue weighted by Gasteiger charge is -2.37. The topological polar surface area (TPSA) is 58.4 Å². The third kappa shape index (κ3) is 3.52. The number of nitrogens with zero attached hydrogens (tertiary/aromatic N) is 2. The van der Waals surface area contributed by atoms with Crippen LogP contribution in [0.3, 0.4) is 0 Å². The highest BCUT2D eigenvalue weighted by molar-refractivity contribution is 5.39. The molecule has 19 heavy (non-hydrogen) atoms. The molecule has 0 aliphatic carbocycles. The molecular formula is C14H21N3O2. The number of nitro benzene ring substituents is 1. The maximum absolute atomic E-state index is 11.0. The van der Waals surface area contributed by atoms with Gasteiger partial charge in [-0.3, -0.25) is 15.0 Å². The molecule has 1 aliphatic heterocycles. The molecule has 0 amide bonds. The number of hydrogen-bond donors (Lipinski definition) is 1. The molecule has 104 valence electrons. The summed E-state index contributed by atoms with van der Waals surface area (Å²) in [4.78, 5) is 13.1. The van der Waals surface area contributed by atoms with E-state index >= 15 is 0 Å². The van der Waals surface area contributed by atoms with E-state index < -0.39 is 0 Å². The van der Waals surface area contributed by atoms with E-state index in [0.29, 0.717) is 12.1 Å². The van der Waals surface area contributed by atoms with Crippen LogP contribution >= 0.6 is 0 Å². The summed E-state index contributed by atoms with van der Waals surface area (Å²) < 4.78 is 0. The Balaban J connectivity index is 2.00. The Morgan fingerprint density at radius 1 is 1.42 bits per heavy atom. The molecule has 2 rings (SSSR count). The van der Waals surface area contributed by atoms with Gasteiger partial charge in [0.1, 0.15) is 0 Å². The van der Waals surface area contributed by atoms with E-state index in [1.807, 2.05) is 12.1 Å². The summed E-state index contributed by atoms with van der Waals surface area (Å²) >= 11 is 0. The summed E-state index contributed by atoms with van der Waals surface area (Å²) in [5.41, 5.74) is 1.06. The Bertz CT molecular complexity index is 450. The fourth-order valence-corrected chi connectivity index (χ4v) is 2.57. The number of nitrogens with one attached hydrogen (secondary N) is 1. The van der Waals surface area contributed by atoms with Crippen molar-refractivity contribution < 1.29 is 4.92 Å². The molecule has 1 heterocycles. The molecule has 0 spiro atoms. The van der Waals surface area contributed by atoms with Crippen LogP contribution in [0.25, 0.3) is 0 Å². The summed E-state index contributed by atoms with van der Waals surface area (Å²) in [6.45, 7) is 7.22. The summed E-state index contributed by atoms with van der Waals surface area (Å²) in [5, 5.41) is 14.4. The number of rotatable bonds is 4. The SMILES string of the molecule is CC1CN(CCc2ccccc2[N+](=O)[O-])C(C)CN1. The van der Waals surface area contributed by atoms with Gasteiger partial charge in [0, 0.05) is 43.3 Å². The molecule has 0 bridgehead atoms. The molecular weight excluding hydrogens is 242 g/mol. The van der Waals surface area contributed by atoms with Gasteiger partial charge in [-0.15, -0.1) is 0 Å². The molecule has 1 saturated heterocycles. The Morgan fingerprint density at radius 3 is 2.89 bits per heavy atom. The highest BCUT2D eigenvalue weighted by Crippen LogP contribution is 2.19. The first kappa shape index (κ1) is 14.0. The fraction of sp³-hybridized carbons (Fsp3) is 0.571. The fourth-order valence-electron chi connectivity index (χ4n) is 2.57. The zero-order valence-corrected chi connectivity index (χ0v) is 11.5. The Labute approximate surface area is 113 Å². The largest absolute Gasteiger partial charge is 0.311 e. The third-order valence-electron chi connectivity index (χ3n) is 3.75. The number of piperazine rings is 1. The van der Waals surface area contributed by atoms with Crippen LogP contribution in [0.1, 0.15) is 19.4 Å². The second kappa shape index (κ2) is 6.12. The first-order valence-corrected chi connectivity index (χ1v) is 6.77. The molecule has 1 N–H and O–H groups in total. The van der Waals surface area contributed by atoms with E-state index in [0.717, 1.165) is 31.6 Å². The smallest absolute Gasteiger partial charge is 0.272 e. The zero-order chi connectivity index (χ0) is 13.8. The molecule has 1 aliphatic rings. The quantitative estimate of drug-likeness (QED) is 0.665. The monoisotopic (exact) mass is 263 g/mol. The minimum atomic E-state index is -0.293. The molecule has 0 aromatic heterocycles. The van der Waals surface area contributed by atoms with Crippen molar-refractivity contribution in [2.24, 2.45) is 0 Å². The second-order valence-electron chi connectivity index (χ2n) is 5.29. The predicted molar refractivity (Wildman–Crippen MR) is 75.3 cm³/mol. The molecule has 1 aromatic carbocycles. The average molecular weight is 263 g/mol. The maximum atomic E-state index is 11.0. The van der Waals surface area contributed by atoms with Crippen LogP contribution in [0.4, 0.5) is 5.69 Å². The van der Waals surface area contributed by atoms with E-state index in [-0.39, 0.29) is 10.6 Å². The second-order valence-corrected chi connectivity index (χ2v) is 5.29. The Hall–Kier alpha value is -1.46. The van der Waals surface area contributed by atoms with Gasteiger partial charge in [0.15, 0.2) is 0 Å². The van der Waals surface area contributed by atoms with Crippen molar-refractivity contribution in [3.8, 4) is 0 Å². The van der Waals surface area contributed by atoms with Gasteiger partial charge in [0.05, 0.1) is 4.92 Å². The molecule has 2 atom stereocenters. The Morgan fingerprint density at radius 2 is 2.16 bits per heavy atom. The van der Waals surface area contributed by atoms with E-state index in [9.17, 15) is 10.1 Å². The van der Waals surface area contributed by atoms with Crippen molar-refractivity contribution in [3.63, 3.8) is 0 Å². The molecule has 2 unspecified atom stereocenters. The van der Waals surface area contributed by atoms with Crippen molar-refractivity contribution in [2.75, 3.05) is 19.6 Å². The van der Waals surface area contributed by atoms with Crippen LogP contribution in [-0.2, 0) is 6.42 Å². The molecule has 5 heteroatoms. The van der Waals surface area contributed by atoms with Gasteiger partial charge in [0.25, 0.3) is 5.69 Å². The summed E-state index contributed by atoms with van der Waals surface area (Å²) in [6.07, 6.45) is 0.730. The summed E-state index contributed by atoms with van der Waals surface area (Å²) in [6, 6.07) is 8.00. The predicted octanol–water partition coefficient (Wildman–Crippen LogP) is 1.82. The van der Waals surface area contributed by atoms with E-state index in [2.05, 4.69) is 24.1 Å². The van der Waals surface area contributed by atoms with E-state index in [4.69, 9.17) is 0 Å². The van der Waals surface area contributed by atoms with Crippen LogP contribution in [0, 0.1) is 10.1 Å². The molecule has 0 saturated carbocycles. The molecule has 0 radical (unpaired) electrons. The number of benzene rings is 1. The summed E-state index contributed by atoms with van der Waals surface area (Å²) in [7, 11) is 0. The standard InChI is InChI=1S/C14H21N3O2/c1-11-10-16(12(2)9-15-11)8-7-13-5-3-4-6-14(13)17(18)19/h3-6,11-12,15H,7-10H2,1-2H3. The van der Waals surface area contributed by atoms with E-state index in [1.54, 1.807) is 12.1 Å². The van der Waals surface area contributed by atoms with Gasteiger partial charge >= 0.3 is 0 Å². The van der Waals surface area contributed by atoms with Crippen LogP contribution in [0.15, 0.2) is 24.3 Å². The van der Waals surface area contributed by atoms with Crippen molar-refractivity contribution in [1.82, 2.24) is 10.2 Å². The van der Waals surface area contributed by atoms with Crippen molar-refractivity contribution >= 4 is 5.69 Å². The minimum absolute atomic E-state index is 0.235.